The normalized spacial score (nSPS) is 12.1. The van der Waals surface area contributed by atoms with E-state index >= 15 is 0 Å². The molecule has 2 N–H and O–H groups in total. The van der Waals surface area contributed by atoms with Crippen molar-refractivity contribution in [2.24, 2.45) is 0 Å². The molecule has 94 valence electrons. The van der Waals surface area contributed by atoms with Crippen molar-refractivity contribution in [2.75, 3.05) is 20.2 Å². The van der Waals surface area contributed by atoms with Crippen molar-refractivity contribution in [1.29, 1.82) is 0 Å². The lowest BCUT2D eigenvalue weighted by Gasteiger charge is -2.10. The van der Waals surface area contributed by atoms with Gasteiger partial charge in [-0.3, -0.25) is 4.79 Å². The lowest BCUT2D eigenvalue weighted by atomic mass is 10.2. The fraction of sp³-hybridized carbons (Fsp3) is 0.462. The van der Waals surface area contributed by atoms with Gasteiger partial charge in [0.2, 0.25) is 5.91 Å². The molecule has 1 aromatic rings. The van der Waals surface area contributed by atoms with Crippen LogP contribution in [0.15, 0.2) is 30.3 Å². The van der Waals surface area contributed by atoms with Gasteiger partial charge >= 0.3 is 0 Å². The van der Waals surface area contributed by atoms with Crippen LogP contribution in [0.25, 0.3) is 0 Å². The number of methoxy groups -OCH3 is 1. The Balaban J connectivity index is 2.13. The van der Waals surface area contributed by atoms with Crippen molar-refractivity contribution in [2.45, 2.75) is 19.6 Å². The molecule has 0 aliphatic carbocycles. The third-order valence-corrected chi connectivity index (χ3v) is 2.45. The van der Waals surface area contributed by atoms with Crippen LogP contribution < -0.4 is 10.6 Å². The molecule has 0 bridgehead atoms. The highest BCUT2D eigenvalue weighted by Gasteiger charge is 2.02. The van der Waals surface area contributed by atoms with E-state index in [1.54, 1.807) is 7.11 Å². The quantitative estimate of drug-likeness (QED) is 0.740. The van der Waals surface area contributed by atoms with Crippen molar-refractivity contribution in [3.8, 4) is 0 Å². The first-order chi connectivity index (χ1) is 8.22. The highest BCUT2D eigenvalue weighted by molar-refractivity contribution is 5.77. The number of carbonyl (C=O) groups excluding carboxylic acids is 1. The molecule has 1 atom stereocenters. The van der Waals surface area contributed by atoms with Crippen LogP contribution in [0, 0.1) is 0 Å². The summed E-state index contributed by atoms with van der Waals surface area (Å²) in [4.78, 5) is 11.5. The lowest BCUT2D eigenvalue weighted by Crippen LogP contribution is -2.36. The van der Waals surface area contributed by atoms with Crippen molar-refractivity contribution < 1.29 is 9.53 Å². The van der Waals surface area contributed by atoms with E-state index in [-0.39, 0.29) is 12.0 Å². The maximum Gasteiger partial charge on any atom is 0.234 e. The molecular formula is C13H20N2O2. The van der Waals surface area contributed by atoms with Gasteiger partial charge in [0.25, 0.3) is 0 Å². The van der Waals surface area contributed by atoms with Crippen molar-refractivity contribution in [3.63, 3.8) is 0 Å². The summed E-state index contributed by atoms with van der Waals surface area (Å²) in [6.07, 6.45) is 0.122. The molecule has 1 aromatic carbocycles. The van der Waals surface area contributed by atoms with Crippen LogP contribution in [0.1, 0.15) is 12.5 Å². The minimum Gasteiger partial charge on any atom is -0.380 e. The molecule has 0 fully saturated rings. The molecule has 0 saturated heterocycles. The predicted octanol–water partition coefficient (Wildman–Crippen LogP) is 0.927. The second-order valence-corrected chi connectivity index (χ2v) is 3.94. The van der Waals surface area contributed by atoms with Crippen molar-refractivity contribution in [1.82, 2.24) is 10.6 Å². The Morgan fingerprint density at radius 3 is 2.71 bits per heavy atom. The molecule has 17 heavy (non-hydrogen) atoms. The van der Waals surface area contributed by atoms with Gasteiger partial charge in [-0.25, -0.2) is 0 Å². The molecule has 1 amide bonds. The first kappa shape index (κ1) is 13.7. The fourth-order valence-electron chi connectivity index (χ4n) is 1.33. The molecule has 4 nitrogen and oxygen atoms in total. The number of carbonyl (C=O) groups is 1. The highest BCUT2D eigenvalue weighted by Crippen LogP contribution is 1.96. The average Bonchev–Trinajstić information content (AvgIpc) is 2.37. The first-order valence-electron chi connectivity index (χ1n) is 5.76. The SMILES string of the molecule is COC(C)CNCC(=O)NCc1ccccc1. The van der Waals surface area contributed by atoms with E-state index in [0.29, 0.717) is 19.6 Å². The number of benzene rings is 1. The Kier molecular flexibility index (Phi) is 6.29. The summed E-state index contributed by atoms with van der Waals surface area (Å²) in [5.74, 6) is -0.00263. The molecular weight excluding hydrogens is 216 g/mol. The van der Waals surface area contributed by atoms with Gasteiger partial charge in [-0.2, -0.15) is 0 Å². The summed E-state index contributed by atoms with van der Waals surface area (Å²) in [7, 11) is 1.65. The van der Waals surface area contributed by atoms with Crippen LogP contribution in [0.3, 0.4) is 0 Å². The minimum atomic E-state index is -0.00263. The van der Waals surface area contributed by atoms with Crippen LogP contribution in [-0.2, 0) is 16.1 Å². The third-order valence-electron chi connectivity index (χ3n) is 2.45. The monoisotopic (exact) mass is 236 g/mol. The molecule has 0 aliphatic heterocycles. The standard InChI is InChI=1S/C13H20N2O2/c1-11(17-2)8-14-10-13(16)15-9-12-6-4-3-5-7-12/h3-7,11,14H,8-10H2,1-2H3,(H,15,16). The zero-order valence-corrected chi connectivity index (χ0v) is 10.4. The van der Waals surface area contributed by atoms with E-state index in [1.165, 1.54) is 0 Å². The van der Waals surface area contributed by atoms with Gasteiger partial charge in [-0.15, -0.1) is 0 Å². The van der Waals surface area contributed by atoms with Crippen LogP contribution in [0.5, 0.6) is 0 Å². The fourth-order valence-corrected chi connectivity index (χ4v) is 1.33. The Labute approximate surface area is 102 Å². The summed E-state index contributed by atoms with van der Waals surface area (Å²) in [5.41, 5.74) is 1.10. The zero-order chi connectivity index (χ0) is 12.5. The maximum atomic E-state index is 11.5. The van der Waals surface area contributed by atoms with E-state index in [1.807, 2.05) is 37.3 Å². The van der Waals surface area contributed by atoms with E-state index in [2.05, 4.69) is 10.6 Å². The average molecular weight is 236 g/mol. The molecule has 0 radical (unpaired) electrons. The molecule has 1 unspecified atom stereocenters. The topological polar surface area (TPSA) is 50.4 Å². The summed E-state index contributed by atoms with van der Waals surface area (Å²) >= 11 is 0. The summed E-state index contributed by atoms with van der Waals surface area (Å²) < 4.78 is 5.07. The van der Waals surface area contributed by atoms with E-state index < -0.39 is 0 Å². The number of nitrogens with one attached hydrogen (secondary N) is 2. The summed E-state index contributed by atoms with van der Waals surface area (Å²) in [6.45, 7) is 3.52. The number of rotatable bonds is 7. The van der Waals surface area contributed by atoms with Gasteiger partial charge < -0.3 is 15.4 Å². The largest absolute Gasteiger partial charge is 0.380 e. The molecule has 0 aromatic heterocycles. The van der Waals surface area contributed by atoms with Crippen LogP contribution >= 0.6 is 0 Å². The van der Waals surface area contributed by atoms with Crippen LogP contribution in [-0.4, -0.2) is 32.2 Å². The van der Waals surface area contributed by atoms with Gasteiger partial charge in [-0.05, 0) is 12.5 Å². The van der Waals surface area contributed by atoms with E-state index in [9.17, 15) is 4.79 Å². The van der Waals surface area contributed by atoms with Gasteiger partial charge in [0.15, 0.2) is 0 Å². The second-order valence-electron chi connectivity index (χ2n) is 3.94. The molecule has 0 saturated carbocycles. The van der Waals surface area contributed by atoms with Crippen molar-refractivity contribution >= 4 is 5.91 Å². The Morgan fingerprint density at radius 1 is 1.35 bits per heavy atom. The molecule has 0 spiro atoms. The number of ether oxygens (including phenoxy) is 1. The zero-order valence-electron chi connectivity index (χ0n) is 10.4. The maximum absolute atomic E-state index is 11.5. The Morgan fingerprint density at radius 2 is 2.06 bits per heavy atom. The van der Waals surface area contributed by atoms with E-state index in [0.717, 1.165) is 5.56 Å². The number of amides is 1. The molecule has 4 heteroatoms. The Hall–Kier alpha value is -1.39. The van der Waals surface area contributed by atoms with Gasteiger partial charge in [0, 0.05) is 20.2 Å². The van der Waals surface area contributed by atoms with Crippen LogP contribution in [0.4, 0.5) is 0 Å². The lowest BCUT2D eigenvalue weighted by molar-refractivity contribution is -0.120. The smallest absolute Gasteiger partial charge is 0.234 e. The first-order valence-corrected chi connectivity index (χ1v) is 5.76. The highest BCUT2D eigenvalue weighted by atomic mass is 16.5. The van der Waals surface area contributed by atoms with Crippen LogP contribution in [0.2, 0.25) is 0 Å². The van der Waals surface area contributed by atoms with Crippen molar-refractivity contribution in [3.05, 3.63) is 35.9 Å². The minimum absolute atomic E-state index is 0.00263. The molecule has 0 aliphatic rings. The summed E-state index contributed by atoms with van der Waals surface area (Å²) in [5, 5.41) is 5.88. The van der Waals surface area contributed by atoms with Gasteiger partial charge in [0.05, 0.1) is 12.6 Å². The summed E-state index contributed by atoms with van der Waals surface area (Å²) in [6, 6.07) is 9.85. The molecule has 0 heterocycles. The number of hydrogen-bond acceptors (Lipinski definition) is 3. The molecule has 1 rings (SSSR count). The van der Waals surface area contributed by atoms with Gasteiger partial charge in [0.1, 0.15) is 0 Å². The number of hydrogen-bond donors (Lipinski definition) is 2. The second kappa shape index (κ2) is 7.81. The van der Waals surface area contributed by atoms with Gasteiger partial charge in [-0.1, -0.05) is 30.3 Å². The Bertz CT molecular complexity index is 327. The third kappa shape index (κ3) is 6.04. The predicted molar refractivity (Wildman–Crippen MR) is 67.6 cm³/mol. The van der Waals surface area contributed by atoms with E-state index in [4.69, 9.17) is 4.74 Å².